The Balaban J connectivity index is -0.000000720. The number of carboxylic acids is 3. The molecule has 1 radical (unpaired) electrons. The van der Waals surface area contributed by atoms with E-state index < -0.39 is 36.4 Å². The Bertz CT molecular complexity index is 236. The molecular formula is C6H5Fe2O7. The minimum Gasteiger partial charge on any atom is -0.550 e. The van der Waals surface area contributed by atoms with Crippen molar-refractivity contribution in [2.75, 3.05) is 0 Å². The number of hydrogen-bond donors (Lipinski definition) is 1. The Hall–Kier alpha value is -0.591. The van der Waals surface area contributed by atoms with Crippen molar-refractivity contribution in [3.63, 3.8) is 0 Å². The third kappa shape index (κ3) is 7.35. The van der Waals surface area contributed by atoms with Gasteiger partial charge in [0.1, 0.15) is 5.60 Å². The van der Waals surface area contributed by atoms with Crippen LogP contribution in [0.3, 0.4) is 0 Å². The van der Waals surface area contributed by atoms with Gasteiger partial charge in [0.2, 0.25) is 0 Å². The van der Waals surface area contributed by atoms with Crippen LogP contribution in [0.25, 0.3) is 0 Å². The SMILES string of the molecule is O=C([O-])CC(O)(CC(=O)[O-])C(=O)[O-].[Fe+3].[Fe]. The smallest absolute Gasteiger partial charge is 0.550 e. The second-order valence-corrected chi connectivity index (χ2v) is 2.42. The molecule has 0 aliphatic heterocycles. The quantitative estimate of drug-likeness (QED) is 0.500. The molecule has 15 heavy (non-hydrogen) atoms. The van der Waals surface area contributed by atoms with Gasteiger partial charge in [-0.3, -0.25) is 0 Å². The fourth-order valence-electron chi connectivity index (χ4n) is 0.684. The van der Waals surface area contributed by atoms with Gasteiger partial charge in [0.15, 0.2) is 0 Å². The van der Waals surface area contributed by atoms with Gasteiger partial charge in [-0.15, -0.1) is 0 Å². The number of aliphatic hydroxyl groups is 1. The van der Waals surface area contributed by atoms with Crippen molar-refractivity contribution in [3.8, 4) is 0 Å². The zero-order valence-electron chi connectivity index (χ0n) is 7.02. The van der Waals surface area contributed by atoms with E-state index in [4.69, 9.17) is 5.11 Å². The van der Waals surface area contributed by atoms with Crippen LogP contribution in [0.2, 0.25) is 0 Å². The van der Waals surface area contributed by atoms with E-state index in [-0.39, 0.29) is 34.1 Å². The van der Waals surface area contributed by atoms with Crippen molar-refractivity contribution in [3.05, 3.63) is 0 Å². The summed E-state index contributed by atoms with van der Waals surface area (Å²) in [6.07, 6.45) is -2.72. The molecule has 0 saturated heterocycles. The predicted octanol–water partition coefficient (Wildman–Crippen LogP) is -5.26. The summed E-state index contributed by atoms with van der Waals surface area (Å²) in [5, 5.41) is 38.9. The van der Waals surface area contributed by atoms with Gasteiger partial charge in [-0.05, 0) is 0 Å². The minimum absolute atomic E-state index is 0. The van der Waals surface area contributed by atoms with E-state index in [1.54, 1.807) is 0 Å². The number of rotatable bonds is 5. The van der Waals surface area contributed by atoms with Crippen LogP contribution in [0, 0.1) is 0 Å². The number of aliphatic carboxylic acids is 3. The monoisotopic (exact) mass is 301 g/mol. The van der Waals surface area contributed by atoms with Gasteiger partial charge >= 0.3 is 17.1 Å². The molecule has 0 aromatic carbocycles. The van der Waals surface area contributed by atoms with E-state index in [9.17, 15) is 29.7 Å². The molecule has 0 fully saturated rings. The van der Waals surface area contributed by atoms with Crippen molar-refractivity contribution in [2.24, 2.45) is 0 Å². The topological polar surface area (TPSA) is 141 Å². The van der Waals surface area contributed by atoms with Gasteiger partial charge in [-0.2, -0.15) is 0 Å². The van der Waals surface area contributed by atoms with Crippen molar-refractivity contribution in [2.45, 2.75) is 18.4 Å². The molecular weight excluding hydrogens is 296 g/mol. The van der Waals surface area contributed by atoms with Crippen LogP contribution in [-0.4, -0.2) is 28.6 Å². The molecule has 0 aliphatic rings. The Kier molecular flexibility index (Phi) is 10.2. The van der Waals surface area contributed by atoms with Crippen molar-refractivity contribution in [1.29, 1.82) is 0 Å². The van der Waals surface area contributed by atoms with Crippen LogP contribution < -0.4 is 15.3 Å². The van der Waals surface area contributed by atoms with E-state index in [1.165, 1.54) is 0 Å². The molecule has 0 amide bonds. The molecule has 0 spiro atoms. The van der Waals surface area contributed by atoms with E-state index >= 15 is 0 Å². The Labute approximate surface area is 105 Å². The third-order valence-corrected chi connectivity index (χ3v) is 1.25. The van der Waals surface area contributed by atoms with Crippen LogP contribution in [0.4, 0.5) is 0 Å². The number of hydrogen-bond acceptors (Lipinski definition) is 7. The molecule has 0 atom stereocenters. The first kappa shape index (κ1) is 19.9. The molecule has 87 valence electrons. The van der Waals surface area contributed by atoms with Gasteiger partial charge in [0, 0.05) is 41.8 Å². The minimum atomic E-state index is -2.97. The molecule has 0 heterocycles. The number of carboxylic acid groups (broad SMARTS) is 3. The standard InChI is InChI=1S/C6H8O7.2Fe/c7-3(8)1-6(13,5(11)12)2-4(9)10;;/h13H,1-2H2,(H,7,8)(H,9,10)(H,11,12);;/q;;+3/p-3. The average Bonchev–Trinajstić information content (AvgIpc) is 1.82. The number of carbonyl (C=O) groups is 3. The van der Waals surface area contributed by atoms with Gasteiger partial charge in [-0.1, -0.05) is 0 Å². The summed E-state index contributed by atoms with van der Waals surface area (Å²) in [6, 6.07) is 0. The van der Waals surface area contributed by atoms with Gasteiger partial charge in [-0.25, -0.2) is 0 Å². The van der Waals surface area contributed by atoms with Crippen LogP contribution in [0.15, 0.2) is 0 Å². The Morgan fingerprint density at radius 1 is 1.00 bits per heavy atom. The van der Waals surface area contributed by atoms with E-state index in [2.05, 4.69) is 0 Å². The first-order valence-electron chi connectivity index (χ1n) is 3.11. The molecule has 0 saturated carbocycles. The largest absolute Gasteiger partial charge is 3.00 e. The van der Waals surface area contributed by atoms with Crippen molar-refractivity contribution >= 4 is 17.9 Å². The molecule has 1 N–H and O–H groups in total. The summed E-state index contributed by atoms with van der Waals surface area (Å²) in [5.41, 5.74) is -2.97. The summed E-state index contributed by atoms with van der Waals surface area (Å²) >= 11 is 0. The normalized spacial score (nSPS) is 9.40. The fraction of sp³-hybridized carbons (Fsp3) is 0.500. The molecule has 0 unspecified atom stereocenters. The molecule has 0 aliphatic carbocycles. The summed E-state index contributed by atoms with van der Waals surface area (Å²) in [7, 11) is 0. The van der Waals surface area contributed by atoms with Crippen LogP contribution >= 0.6 is 0 Å². The van der Waals surface area contributed by atoms with E-state index in [0.717, 1.165) is 0 Å². The summed E-state index contributed by atoms with van der Waals surface area (Å²) < 4.78 is 0. The maximum Gasteiger partial charge on any atom is 3.00 e. The van der Waals surface area contributed by atoms with Gasteiger partial charge < -0.3 is 34.8 Å². The molecule has 0 bridgehead atoms. The molecule has 9 heteroatoms. The first-order valence-corrected chi connectivity index (χ1v) is 3.11. The van der Waals surface area contributed by atoms with Crippen LogP contribution in [-0.2, 0) is 48.5 Å². The zero-order valence-corrected chi connectivity index (χ0v) is 9.23. The number of carbonyl (C=O) groups excluding carboxylic acids is 3. The van der Waals surface area contributed by atoms with Gasteiger partial charge in [0.05, 0.1) is 5.97 Å². The molecule has 0 rings (SSSR count). The molecule has 7 nitrogen and oxygen atoms in total. The first-order chi connectivity index (χ1) is 5.78. The third-order valence-electron chi connectivity index (χ3n) is 1.25. The Morgan fingerprint density at radius 2 is 1.27 bits per heavy atom. The summed E-state index contributed by atoms with van der Waals surface area (Å²) in [6.45, 7) is 0. The van der Waals surface area contributed by atoms with Crippen LogP contribution in [0.1, 0.15) is 12.8 Å². The maximum atomic E-state index is 10.1. The van der Waals surface area contributed by atoms with Crippen molar-refractivity contribution < 1.29 is 68.9 Å². The Morgan fingerprint density at radius 3 is 1.40 bits per heavy atom. The van der Waals surface area contributed by atoms with Gasteiger partial charge in [0.25, 0.3) is 0 Å². The molecule has 0 aromatic heterocycles. The summed E-state index contributed by atoms with van der Waals surface area (Å²) in [4.78, 5) is 30.0. The van der Waals surface area contributed by atoms with Crippen LogP contribution in [0.5, 0.6) is 0 Å². The fourth-order valence-corrected chi connectivity index (χ4v) is 0.684. The van der Waals surface area contributed by atoms with Crippen molar-refractivity contribution in [1.82, 2.24) is 0 Å². The zero-order chi connectivity index (χ0) is 10.6. The van der Waals surface area contributed by atoms with E-state index in [0.29, 0.717) is 0 Å². The maximum absolute atomic E-state index is 10.1. The summed E-state index contributed by atoms with van der Waals surface area (Å²) in [5.74, 6) is -5.98. The second-order valence-electron chi connectivity index (χ2n) is 2.42. The van der Waals surface area contributed by atoms with E-state index in [1.807, 2.05) is 0 Å². The second kappa shape index (κ2) is 7.67. The molecule has 0 aromatic rings. The average molecular weight is 301 g/mol. The predicted molar refractivity (Wildman–Crippen MR) is 29.2 cm³/mol.